The lowest BCUT2D eigenvalue weighted by Gasteiger charge is -2.16. The van der Waals surface area contributed by atoms with E-state index in [1.807, 2.05) is 36.5 Å². The van der Waals surface area contributed by atoms with Gasteiger partial charge in [0.2, 0.25) is 12.7 Å². The van der Waals surface area contributed by atoms with Crippen molar-refractivity contribution < 1.29 is 14.3 Å². The number of hydrogen-bond acceptors (Lipinski definition) is 4. The lowest BCUT2D eigenvalue weighted by molar-refractivity contribution is -0.118. The summed E-state index contributed by atoms with van der Waals surface area (Å²) in [4.78, 5) is 17.5. The second-order valence-electron chi connectivity index (χ2n) is 8.32. The summed E-state index contributed by atoms with van der Waals surface area (Å²) in [5.41, 5.74) is 3.92. The number of amides is 1. The van der Waals surface area contributed by atoms with Crippen LogP contribution in [0.3, 0.4) is 0 Å². The standard InChI is InChI=1S/C25H24N2O3/c1-16(2)17-4-3-5-18(12-17)19-6-9-23(26-14-19)27-24(28)25(10-11-25)20-7-8-21-22(13-20)30-15-29-21/h3-9,12-14,16H,10-11,15H2,1-2H3,(H,26,27,28). The van der Waals surface area contributed by atoms with Gasteiger partial charge in [-0.2, -0.15) is 0 Å². The number of rotatable bonds is 5. The SMILES string of the molecule is CC(C)c1cccc(-c2ccc(NC(=O)C3(c4ccc5c(c4)OCO5)CC3)nc2)c1. The Bertz CT molecular complexity index is 1100. The van der Waals surface area contributed by atoms with Crippen LogP contribution in [0, 0.1) is 0 Å². The van der Waals surface area contributed by atoms with Crippen LogP contribution >= 0.6 is 0 Å². The molecule has 5 heteroatoms. The Labute approximate surface area is 176 Å². The fourth-order valence-electron chi connectivity index (χ4n) is 3.92. The molecular formula is C25H24N2O3. The van der Waals surface area contributed by atoms with Crippen molar-refractivity contribution in [3.05, 3.63) is 71.9 Å². The summed E-state index contributed by atoms with van der Waals surface area (Å²) in [6.45, 7) is 4.60. The van der Waals surface area contributed by atoms with Crippen molar-refractivity contribution in [3.63, 3.8) is 0 Å². The van der Waals surface area contributed by atoms with E-state index in [0.717, 1.165) is 35.3 Å². The topological polar surface area (TPSA) is 60.5 Å². The van der Waals surface area contributed by atoms with Gasteiger partial charge in [0.05, 0.1) is 5.41 Å². The third kappa shape index (κ3) is 3.30. The fourth-order valence-corrected chi connectivity index (χ4v) is 3.92. The molecular weight excluding hydrogens is 376 g/mol. The van der Waals surface area contributed by atoms with Gasteiger partial charge >= 0.3 is 0 Å². The van der Waals surface area contributed by atoms with Crippen LogP contribution in [0.1, 0.15) is 43.7 Å². The first kappa shape index (κ1) is 18.7. The minimum atomic E-state index is -0.507. The molecule has 0 bridgehead atoms. The molecule has 0 radical (unpaired) electrons. The number of pyridine rings is 1. The first-order valence-electron chi connectivity index (χ1n) is 10.3. The largest absolute Gasteiger partial charge is 0.454 e. The maximum atomic E-state index is 13.0. The van der Waals surface area contributed by atoms with Gasteiger partial charge in [-0.1, -0.05) is 44.2 Å². The minimum Gasteiger partial charge on any atom is -0.454 e. The highest BCUT2D eigenvalue weighted by Gasteiger charge is 2.51. The van der Waals surface area contributed by atoms with Crippen LogP contribution in [0.25, 0.3) is 11.1 Å². The molecule has 1 saturated carbocycles. The van der Waals surface area contributed by atoms with Gasteiger partial charge in [0.15, 0.2) is 11.5 Å². The number of aromatic nitrogens is 1. The smallest absolute Gasteiger partial charge is 0.236 e. The quantitative estimate of drug-likeness (QED) is 0.634. The Morgan fingerprint density at radius 2 is 1.83 bits per heavy atom. The molecule has 0 atom stereocenters. The van der Waals surface area contributed by atoms with E-state index >= 15 is 0 Å². The highest BCUT2D eigenvalue weighted by atomic mass is 16.7. The molecule has 5 nitrogen and oxygen atoms in total. The molecule has 0 spiro atoms. The number of ether oxygens (including phenoxy) is 2. The average Bonchev–Trinajstić information content (AvgIpc) is 3.45. The molecule has 0 saturated heterocycles. The Morgan fingerprint density at radius 3 is 2.57 bits per heavy atom. The van der Waals surface area contributed by atoms with Gasteiger partial charge in [-0.05, 0) is 59.7 Å². The molecule has 2 aromatic carbocycles. The van der Waals surface area contributed by atoms with E-state index in [-0.39, 0.29) is 12.7 Å². The van der Waals surface area contributed by atoms with Crippen molar-refractivity contribution in [2.75, 3.05) is 12.1 Å². The molecule has 1 aliphatic carbocycles. The molecule has 1 amide bonds. The molecule has 1 aromatic heterocycles. The molecule has 2 aliphatic rings. The van der Waals surface area contributed by atoms with E-state index in [4.69, 9.17) is 9.47 Å². The summed E-state index contributed by atoms with van der Waals surface area (Å²) in [6.07, 6.45) is 3.45. The molecule has 2 heterocycles. The zero-order valence-corrected chi connectivity index (χ0v) is 17.1. The van der Waals surface area contributed by atoms with E-state index in [9.17, 15) is 4.79 Å². The first-order valence-corrected chi connectivity index (χ1v) is 10.3. The Kier molecular flexibility index (Phi) is 4.46. The van der Waals surface area contributed by atoms with Crippen LogP contribution in [-0.2, 0) is 10.2 Å². The Hall–Kier alpha value is -3.34. The van der Waals surface area contributed by atoms with Crippen molar-refractivity contribution in [2.45, 2.75) is 38.0 Å². The Morgan fingerprint density at radius 1 is 1.00 bits per heavy atom. The molecule has 0 unspecified atom stereocenters. The van der Waals surface area contributed by atoms with E-state index in [2.05, 4.69) is 48.4 Å². The predicted molar refractivity (Wildman–Crippen MR) is 116 cm³/mol. The third-order valence-electron chi connectivity index (χ3n) is 6.00. The maximum Gasteiger partial charge on any atom is 0.236 e. The van der Waals surface area contributed by atoms with Gasteiger partial charge in [-0.15, -0.1) is 0 Å². The van der Waals surface area contributed by atoms with Crippen LogP contribution in [-0.4, -0.2) is 17.7 Å². The number of carbonyl (C=O) groups is 1. The monoisotopic (exact) mass is 400 g/mol. The maximum absolute atomic E-state index is 13.0. The van der Waals surface area contributed by atoms with Gasteiger partial charge in [0.25, 0.3) is 0 Å². The summed E-state index contributed by atoms with van der Waals surface area (Å²) in [6, 6.07) is 18.1. The number of fused-ring (bicyclic) bond motifs is 1. The van der Waals surface area contributed by atoms with Crippen molar-refractivity contribution in [1.29, 1.82) is 0 Å². The highest BCUT2D eigenvalue weighted by molar-refractivity contribution is 6.01. The van der Waals surface area contributed by atoms with E-state index in [1.54, 1.807) is 0 Å². The van der Waals surface area contributed by atoms with Crippen LogP contribution in [0.2, 0.25) is 0 Å². The number of benzene rings is 2. The summed E-state index contributed by atoms with van der Waals surface area (Å²) >= 11 is 0. The molecule has 152 valence electrons. The lowest BCUT2D eigenvalue weighted by Crippen LogP contribution is -2.28. The van der Waals surface area contributed by atoms with Gasteiger partial charge in [0.1, 0.15) is 5.82 Å². The average molecular weight is 400 g/mol. The van der Waals surface area contributed by atoms with E-state index in [0.29, 0.717) is 17.5 Å². The minimum absolute atomic E-state index is 0.0246. The number of nitrogens with zero attached hydrogens (tertiary/aromatic N) is 1. The highest BCUT2D eigenvalue weighted by Crippen LogP contribution is 2.51. The zero-order valence-electron chi connectivity index (χ0n) is 17.1. The summed E-state index contributed by atoms with van der Waals surface area (Å²) in [5, 5.41) is 3.00. The van der Waals surface area contributed by atoms with Crippen LogP contribution in [0.4, 0.5) is 5.82 Å². The number of anilines is 1. The molecule has 1 N–H and O–H groups in total. The van der Waals surface area contributed by atoms with Gasteiger partial charge in [0, 0.05) is 11.8 Å². The predicted octanol–water partition coefficient (Wildman–Crippen LogP) is 5.27. The fraction of sp³-hybridized carbons (Fsp3) is 0.280. The van der Waals surface area contributed by atoms with Gasteiger partial charge in [-0.25, -0.2) is 4.98 Å². The molecule has 1 fully saturated rings. The summed E-state index contributed by atoms with van der Waals surface area (Å²) in [5.74, 6) is 2.45. The number of hydrogen-bond donors (Lipinski definition) is 1. The van der Waals surface area contributed by atoms with E-state index < -0.39 is 5.41 Å². The Balaban J connectivity index is 1.33. The van der Waals surface area contributed by atoms with Crippen molar-refractivity contribution in [3.8, 4) is 22.6 Å². The first-order chi connectivity index (χ1) is 14.5. The third-order valence-corrected chi connectivity index (χ3v) is 6.00. The van der Waals surface area contributed by atoms with Crippen molar-refractivity contribution in [2.24, 2.45) is 0 Å². The normalized spacial score (nSPS) is 15.8. The van der Waals surface area contributed by atoms with Crippen LogP contribution in [0.5, 0.6) is 11.5 Å². The number of carbonyl (C=O) groups excluding carboxylic acids is 1. The second kappa shape index (κ2) is 7.17. The summed E-state index contributed by atoms with van der Waals surface area (Å²) in [7, 11) is 0. The molecule has 5 rings (SSSR count). The number of nitrogens with one attached hydrogen (secondary N) is 1. The lowest BCUT2D eigenvalue weighted by atomic mass is 9.94. The van der Waals surface area contributed by atoms with Crippen LogP contribution in [0.15, 0.2) is 60.8 Å². The van der Waals surface area contributed by atoms with Gasteiger partial charge in [-0.3, -0.25) is 4.79 Å². The van der Waals surface area contributed by atoms with Crippen molar-refractivity contribution in [1.82, 2.24) is 4.98 Å². The second-order valence-corrected chi connectivity index (χ2v) is 8.32. The van der Waals surface area contributed by atoms with E-state index in [1.165, 1.54) is 5.56 Å². The van der Waals surface area contributed by atoms with Crippen molar-refractivity contribution >= 4 is 11.7 Å². The summed E-state index contributed by atoms with van der Waals surface area (Å²) < 4.78 is 10.8. The van der Waals surface area contributed by atoms with Gasteiger partial charge < -0.3 is 14.8 Å². The van der Waals surface area contributed by atoms with Crippen LogP contribution < -0.4 is 14.8 Å². The molecule has 3 aromatic rings. The zero-order chi connectivity index (χ0) is 20.7. The molecule has 1 aliphatic heterocycles. The molecule has 30 heavy (non-hydrogen) atoms.